The highest BCUT2D eigenvalue weighted by molar-refractivity contribution is 7.96. The van der Waals surface area contributed by atoms with Crippen molar-refractivity contribution in [2.24, 2.45) is 0 Å². The predicted molar refractivity (Wildman–Crippen MR) is 42.7 cm³/mol. The maximum atomic E-state index is 10.2. The Hall–Kier alpha value is -0.240. The Morgan fingerprint density at radius 1 is 1.67 bits per heavy atom. The zero-order chi connectivity index (χ0) is 7.11. The number of rotatable bonds is 4. The van der Waals surface area contributed by atoms with E-state index < -0.39 is 0 Å². The molecule has 0 aromatic rings. The molecule has 0 fully saturated rings. The Bertz CT molecular complexity index is 107. The van der Waals surface area contributed by atoms with E-state index in [0.29, 0.717) is 6.42 Å². The molecule has 0 rings (SSSR count). The average molecular weight is 144 g/mol. The van der Waals surface area contributed by atoms with Gasteiger partial charge in [-0.3, -0.25) is 4.79 Å². The molecule has 0 unspecified atom stereocenters. The Balaban J connectivity index is 3.01. The van der Waals surface area contributed by atoms with E-state index in [1.807, 2.05) is 13.0 Å². The summed E-state index contributed by atoms with van der Waals surface area (Å²) in [6.07, 6.45) is 6.54. The van der Waals surface area contributed by atoms with Crippen molar-refractivity contribution in [2.45, 2.75) is 26.2 Å². The van der Waals surface area contributed by atoms with Gasteiger partial charge in [0, 0.05) is 6.42 Å². The zero-order valence-electron chi connectivity index (χ0n) is 5.63. The molecule has 0 aromatic heterocycles. The SMILES string of the molecule is C/C=C\CCCC(=O)S. The van der Waals surface area contributed by atoms with Crippen LogP contribution in [0.15, 0.2) is 12.2 Å². The van der Waals surface area contributed by atoms with Gasteiger partial charge in [0.25, 0.3) is 0 Å². The first kappa shape index (κ1) is 8.76. The molecule has 0 saturated heterocycles. The van der Waals surface area contributed by atoms with Crippen LogP contribution in [-0.4, -0.2) is 5.12 Å². The number of hydrogen-bond donors (Lipinski definition) is 1. The van der Waals surface area contributed by atoms with Gasteiger partial charge in [-0.25, -0.2) is 0 Å². The van der Waals surface area contributed by atoms with Crippen LogP contribution in [0.3, 0.4) is 0 Å². The number of unbranched alkanes of at least 4 members (excludes halogenated alkanes) is 1. The van der Waals surface area contributed by atoms with Crippen LogP contribution in [0.2, 0.25) is 0 Å². The van der Waals surface area contributed by atoms with Crippen molar-refractivity contribution in [1.82, 2.24) is 0 Å². The molecule has 0 amide bonds. The standard InChI is InChI=1S/C7H12OS/c1-2-3-4-5-6-7(8)9/h2-3H,4-6H2,1H3,(H,8,9)/b3-2-. The minimum atomic E-state index is -0.0143. The van der Waals surface area contributed by atoms with Crippen LogP contribution in [-0.2, 0) is 4.79 Å². The first-order valence-corrected chi connectivity index (χ1v) is 3.55. The van der Waals surface area contributed by atoms with Crippen molar-refractivity contribution >= 4 is 17.7 Å². The minimum Gasteiger partial charge on any atom is -0.288 e. The van der Waals surface area contributed by atoms with Gasteiger partial charge in [-0.1, -0.05) is 12.2 Å². The van der Waals surface area contributed by atoms with Crippen LogP contribution >= 0.6 is 12.6 Å². The Morgan fingerprint density at radius 3 is 2.78 bits per heavy atom. The summed E-state index contributed by atoms with van der Waals surface area (Å²) in [5.41, 5.74) is 0. The van der Waals surface area contributed by atoms with E-state index in [9.17, 15) is 4.79 Å². The van der Waals surface area contributed by atoms with E-state index >= 15 is 0 Å². The molecule has 1 nitrogen and oxygen atoms in total. The first-order chi connectivity index (χ1) is 4.27. The molecule has 52 valence electrons. The van der Waals surface area contributed by atoms with Crippen molar-refractivity contribution in [3.05, 3.63) is 12.2 Å². The smallest absolute Gasteiger partial charge is 0.185 e. The third-order valence-electron chi connectivity index (χ3n) is 0.997. The maximum absolute atomic E-state index is 10.2. The number of allylic oxidation sites excluding steroid dienone is 2. The van der Waals surface area contributed by atoms with E-state index in [4.69, 9.17) is 0 Å². The third-order valence-corrected chi connectivity index (χ3v) is 1.22. The number of hydrogen-bond acceptors (Lipinski definition) is 1. The lowest BCUT2D eigenvalue weighted by molar-refractivity contribution is -0.110. The summed E-state index contributed by atoms with van der Waals surface area (Å²) in [4.78, 5) is 10.2. The summed E-state index contributed by atoms with van der Waals surface area (Å²) >= 11 is 3.64. The van der Waals surface area contributed by atoms with Crippen molar-refractivity contribution in [3.63, 3.8) is 0 Å². The molecule has 0 aliphatic rings. The highest BCUT2D eigenvalue weighted by Gasteiger charge is 1.90. The molecule has 0 aliphatic heterocycles. The van der Waals surface area contributed by atoms with E-state index in [1.54, 1.807) is 0 Å². The van der Waals surface area contributed by atoms with Gasteiger partial charge in [-0.2, -0.15) is 0 Å². The maximum Gasteiger partial charge on any atom is 0.185 e. The van der Waals surface area contributed by atoms with Crippen LogP contribution in [0.4, 0.5) is 0 Å². The first-order valence-electron chi connectivity index (χ1n) is 3.10. The van der Waals surface area contributed by atoms with Crippen LogP contribution in [0, 0.1) is 0 Å². The average Bonchev–Trinajstić information content (AvgIpc) is 1.80. The Labute approximate surface area is 61.6 Å². The minimum absolute atomic E-state index is 0.0143. The lowest BCUT2D eigenvalue weighted by atomic mass is 10.2. The number of carbonyl (C=O) groups excluding carboxylic acids is 1. The summed E-state index contributed by atoms with van der Waals surface area (Å²) in [5.74, 6) is 0. The van der Waals surface area contributed by atoms with Crippen molar-refractivity contribution in [3.8, 4) is 0 Å². The van der Waals surface area contributed by atoms with Crippen molar-refractivity contribution in [1.29, 1.82) is 0 Å². The van der Waals surface area contributed by atoms with Crippen LogP contribution in [0.5, 0.6) is 0 Å². The van der Waals surface area contributed by atoms with Gasteiger partial charge in [0.05, 0.1) is 0 Å². The molecule has 0 bridgehead atoms. The molecule has 2 heteroatoms. The highest BCUT2D eigenvalue weighted by atomic mass is 32.1. The van der Waals surface area contributed by atoms with Crippen molar-refractivity contribution in [2.75, 3.05) is 0 Å². The highest BCUT2D eigenvalue weighted by Crippen LogP contribution is 1.98. The molecule has 0 N–H and O–H groups in total. The largest absolute Gasteiger partial charge is 0.288 e. The summed E-state index contributed by atoms with van der Waals surface area (Å²) in [6.45, 7) is 1.97. The van der Waals surface area contributed by atoms with Gasteiger partial charge in [0.1, 0.15) is 0 Å². The fraction of sp³-hybridized carbons (Fsp3) is 0.571. The molecule has 0 heterocycles. The van der Waals surface area contributed by atoms with E-state index in [1.165, 1.54) is 0 Å². The second-order valence-electron chi connectivity index (χ2n) is 1.86. The zero-order valence-corrected chi connectivity index (χ0v) is 6.53. The van der Waals surface area contributed by atoms with Gasteiger partial charge in [-0.15, -0.1) is 12.6 Å². The lowest BCUT2D eigenvalue weighted by Gasteiger charge is -1.88. The van der Waals surface area contributed by atoms with Crippen LogP contribution < -0.4 is 0 Å². The molecule has 9 heavy (non-hydrogen) atoms. The fourth-order valence-electron chi connectivity index (χ4n) is 0.538. The molecular weight excluding hydrogens is 132 g/mol. The monoisotopic (exact) mass is 144 g/mol. The Kier molecular flexibility index (Phi) is 5.73. The van der Waals surface area contributed by atoms with Crippen LogP contribution in [0.1, 0.15) is 26.2 Å². The third kappa shape index (κ3) is 7.76. The fourth-order valence-corrected chi connectivity index (χ4v) is 0.696. The summed E-state index contributed by atoms with van der Waals surface area (Å²) in [5, 5.41) is -0.0143. The quantitative estimate of drug-likeness (QED) is 0.363. The Morgan fingerprint density at radius 2 is 2.33 bits per heavy atom. The molecule has 0 spiro atoms. The number of thiol groups is 1. The molecule has 0 aromatic carbocycles. The second-order valence-corrected chi connectivity index (χ2v) is 2.35. The van der Waals surface area contributed by atoms with Gasteiger partial charge in [-0.05, 0) is 19.8 Å². The molecule has 0 atom stereocenters. The van der Waals surface area contributed by atoms with Gasteiger partial charge in [0.15, 0.2) is 5.12 Å². The normalized spacial score (nSPS) is 10.4. The summed E-state index contributed by atoms with van der Waals surface area (Å²) in [6, 6.07) is 0. The topological polar surface area (TPSA) is 17.1 Å². The molecular formula is C7H12OS. The van der Waals surface area contributed by atoms with Gasteiger partial charge in [0.2, 0.25) is 0 Å². The van der Waals surface area contributed by atoms with Crippen molar-refractivity contribution < 1.29 is 4.79 Å². The van der Waals surface area contributed by atoms with E-state index in [0.717, 1.165) is 12.8 Å². The van der Waals surface area contributed by atoms with Crippen LogP contribution in [0.25, 0.3) is 0 Å². The summed E-state index contributed by atoms with van der Waals surface area (Å²) in [7, 11) is 0. The molecule has 0 radical (unpaired) electrons. The lowest BCUT2D eigenvalue weighted by Crippen LogP contribution is -1.83. The molecule has 0 saturated carbocycles. The molecule has 0 aliphatic carbocycles. The van der Waals surface area contributed by atoms with E-state index in [2.05, 4.69) is 18.7 Å². The second kappa shape index (κ2) is 5.89. The van der Waals surface area contributed by atoms with Gasteiger partial charge < -0.3 is 0 Å². The predicted octanol–water partition coefficient (Wildman–Crippen LogP) is 2.19. The van der Waals surface area contributed by atoms with E-state index in [-0.39, 0.29) is 5.12 Å². The number of carbonyl (C=O) groups is 1. The van der Waals surface area contributed by atoms with Gasteiger partial charge >= 0.3 is 0 Å². The summed E-state index contributed by atoms with van der Waals surface area (Å²) < 4.78 is 0.